The van der Waals surface area contributed by atoms with Gasteiger partial charge in [-0.15, -0.1) is 11.8 Å². The molecule has 1 fully saturated rings. The lowest BCUT2D eigenvalue weighted by Gasteiger charge is -2.32. The van der Waals surface area contributed by atoms with Crippen LogP contribution in [0.15, 0.2) is 94.2 Å². The van der Waals surface area contributed by atoms with Gasteiger partial charge in [0.05, 0.1) is 5.69 Å². The van der Waals surface area contributed by atoms with Crippen LogP contribution >= 0.6 is 11.8 Å². The van der Waals surface area contributed by atoms with Crippen LogP contribution in [0.25, 0.3) is 11.5 Å². The summed E-state index contributed by atoms with van der Waals surface area (Å²) < 4.78 is 5.93. The summed E-state index contributed by atoms with van der Waals surface area (Å²) in [4.78, 5) is 21.2. The van der Waals surface area contributed by atoms with E-state index in [4.69, 9.17) is 9.40 Å². The van der Waals surface area contributed by atoms with Crippen molar-refractivity contribution < 1.29 is 9.21 Å². The number of likely N-dealkylation sites (tertiary alicyclic amines) is 1. The summed E-state index contributed by atoms with van der Waals surface area (Å²) >= 11 is 1.74. The molecule has 0 bridgehead atoms. The SMILES string of the molecule is Cc1oc(-c2ccc(C(=O)NC3CCN(Cc4ccccc4)CC3)cc2)nc1CSc1ccccc1. The number of rotatable bonds is 8. The van der Waals surface area contributed by atoms with Gasteiger partial charge >= 0.3 is 0 Å². The molecule has 1 N–H and O–H groups in total. The molecular weight excluding hydrogens is 466 g/mol. The van der Waals surface area contributed by atoms with E-state index in [0.717, 1.165) is 55.2 Å². The molecule has 0 unspecified atom stereocenters. The van der Waals surface area contributed by atoms with E-state index in [9.17, 15) is 4.79 Å². The largest absolute Gasteiger partial charge is 0.441 e. The van der Waals surface area contributed by atoms with Crippen LogP contribution in [-0.4, -0.2) is 34.9 Å². The van der Waals surface area contributed by atoms with Crippen LogP contribution in [0.5, 0.6) is 0 Å². The Kier molecular flexibility index (Phi) is 7.84. The van der Waals surface area contributed by atoms with Crippen LogP contribution in [-0.2, 0) is 12.3 Å². The van der Waals surface area contributed by atoms with Crippen LogP contribution in [0, 0.1) is 6.92 Å². The fourth-order valence-corrected chi connectivity index (χ4v) is 5.38. The van der Waals surface area contributed by atoms with Crippen LogP contribution < -0.4 is 5.32 Å². The Bertz CT molecular complexity index is 1260. The minimum Gasteiger partial charge on any atom is -0.441 e. The molecule has 184 valence electrons. The second-order valence-corrected chi connectivity index (χ2v) is 10.3. The Balaban J connectivity index is 1.13. The Morgan fingerprint density at radius 2 is 1.64 bits per heavy atom. The molecule has 0 spiro atoms. The third kappa shape index (κ3) is 6.25. The maximum Gasteiger partial charge on any atom is 0.251 e. The van der Waals surface area contributed by atoms with Gasteiger partial charge in [-0.1, -0.05) is 48.5 Å². The van der Waals surface area contributed by atoms with E-state index in [1.165, 1.54) is 10.5 Å². The van der Waals surface area contributed by atoms with Crippen LogP contribution in [0.3, 0.4) is 0 Å². The highest BCUT2D eigenvalue weighted by Gasteiger charge is 2.21. The van der Waals surface area contributed by atoms with Gasteiger partial charge in [-0.05, 0) is 61.7 Å². The van der Waals surface area contributed by atoms with Crippen molar-refractivity contribution in [3.63, 3.8) is 0 Å². The zero-order valence-corrected chi connectivity index (χ0v) is 21.3. The van der Waals surface area contributed by atoms with Crippen molar-refractivity contribution in [1.82, 2.24) is 15.2 Å². The van der Waals surface area contributed by atoms with E-state index in [1.807, 2.05) is 55.5 Å². The maximum absolute atomic E-state index is 12.8. The molecule has 0 saturated carbocycles. The predicted molar refractivity (Wildman–Crippen MR) is 145 cm³/mol. The number of hydrogen-bond acceptors (Lipinski definition) is 5. The van der Waals surface area contributed by atoms with Crippen LogP contribution in [0.1, 0.15) is 40.2 Å². The second kappa shape index (κ2) is 11.6. The minimum absolute atomic E-state index is 0.0217. The first-order valence-corrected chi connectivity index (χ1v) is 13.4. The van der Waals surface area contributed by atoms with Crippen molar-refractivity contribution in [3.8, 4) is 11.5 Å². The average Bonchev–Trinajstić information content (AvgIpc) is 3.30. The number of amides is 1. The van der Waals surface area contributed by atoms with Gasteiger partial charge in [0.15, 0.2) is 0 Å². The number of hydrogen-bond donors (Lipinski definition) is 1. The van der Waals surface area contributed by atoms with E-state index in [-0.39, 0.29) is 11.9 Å². The number of carbonyl (C=O) groups excluding carboxylic acids is 1. The normalized spacial score (nSPS) is 14.6. The third-order valence-corrected chi connectivity index (χ3v) is 7.60. The van der Waals surface area contributed by atoms with E-state index < -0.39 is 0 Å². The summed E-state index contributed by atoms with van der Waals surface area (Å²) in [7, 11) is 0. The summed E-state index contributed by atoms with van der Waals surface area (Å²) in [6.45, 7) is 4.90. The van der Waals surface area contributed by atoms with Gasteiger partial charge in [-0.25, -0.2) is 4.98 Å². The number of nitrogens with one attached hydrogen (secondary N) is 1. The molecule has 3 aromatic carbocycles. The first-order chi connectivity index (χ1) is 17.6. The van der Waals surface area contributed by atoms with Crippen molar-refractivity contribution in [3.05, 3.63) is 108 Å². The molecule has 4 aromatic rings. The van der Waals surface area contributed by atoms with E-state index in [2.05, 4.69) is 46.6 Å². The highest BCUT2D eigenvalue weighted by Crippen LogP contribution is 2.27. The lowest BCUT2D eigenvalue weighted by molar-refractivity contribution is 0.0909. The van der Waals surface area contributed by atoms with E-state index in [0.29, 0.717) is 11.5 Å². The molecule has 1 aliphatic rings. The minimum atomic E-state index is -0.0217. The Labute approximate surface area is 216 Å². The third-order valence-electron chi connectivity index (χ3n) is 6.58. The quantitative estimate of drug-likeness (QED) is 0.288. The fourth-order valence-electron chi connectivity index (χ4n) is 4.46. The van der Waals surface area contributed by atoms with Gasteiger partial charge < -0.3 is 9.73 Å². The predicted octanol–water partition coefficient (Wildman–Crippen LogP) is 6.34. The molecule has 6 heteroatoms. The number of aromatic nitrogens is 1. The zero-order valence-electron chi connectivity index (χ0n) is 20.5. The highest BCUT2D eigenvalue weighted by atomic mass is 32.2. The summed E-state index contributed by atoms with van der Waals surface area (Å²) in [6.07, 6.45) is 1.94. The number of aryl methyl sites for hydroxylation is 1. The molecule has 1 saturated heterocycles. The molecule has 0 radical (unpaired) electrons. The van der Waals surface area contributed by atoms with Gasteiger partial charge in [-0.2, -0.15) is 0 Å². The molecule has 5 rings (SSSR count). The molecule has 1 aliphatic heterocycles. The molecule has 0 aliphatic carbocycles. The lowest BCUT2D eigenvalue weighted by atomic mass is 10.0. The molecule has 1 amide bonds. The van der Waals surface area contributed by atoms with Gasteiger partial charge in [0.1, 0.15) is 5.76 Å². The first kappa shape index (κ1) is 24.3. The lowest BCUT2D eigenvalue weighted by Crippen LogP contribution is -2.44. The average molecular weight is 498 g/mol. The summed E-state index contributed by atoms with van der Waals surface area (Å²) in [5, 5.41) is 3.22. The number of nitrogens with zero attached hydrogens (tertiary/aromatic N) is 2. The molecule has 36 heavy (non-hydrogen) atoms. The molecule has 0 atom stereocenters. The summed E-state index contributed by atoms with van der Waals surface area (Å²) in [5.74, 6) is 2.15. The second-order valence-electron chi connectivity index (χ2n) is 9.21. The standard InChI is InChI=1S/C30H31N3O2S/c1-22-28(21-36-27-10-6-3-7-11-27)32-30(35-22)25-14-12-24(13-15-25)29(34)31-26-16-18-33(19-17-26)20-23-8-4-2-5-9-23/h2-15,26H,16-21H2,1H3,(H,31,34). The maximum atomic E-state index is 12.8. The van der Waals surface area contributed by atoms with Gasteiger partial charge in [0.25, 0.3) is 5.91 Å². The van der Waals surface area contributed by atoms with Crippen molar-refractivity contribution in [2.45, 2.75) is 43.0 Å². The Morgan fingerprint density at radius 3 is 2.33 bits per heavy atom. The van der Waals surface area contributed by atoms with Gasteiger partial charge in [0, 0.05) is 47.5 Å². The van der Waals surface area contributed by atoms with Crippen LogP contribution in [0.2, 0.25) is 0 Å². The van der Waals surface area contributed by atoms with Gasteiger partial charge in [-0.3, -0.25) is 9.69 Å². The van der Waals surface area contributed by atoms with E-state index in [1.54, 1.807) is 11.8 Å². The summed E-state index contributed by atoms with van der Waals surface area (Å²) in [6, 6.07) is 28.6. The highest BCUT2D eigenvalue weighted by molar-refractivity contribution is 7.98. The molecule has 2 heterocycles. The monoisotopic (exact) mass is 497 g/mol. The molecule has 5 nitrogen and oxygen atoms in total. The Morgan fingerprint density at radius 1 is 0.972 bits per heavy atom. The van der Waals surface area contributed by atoms with Crippen molar-refractivity contribution >= 4 is 17.7 Å². The number of oxazole rings is 1. The number of carbonyl (C=O) groups is 1. The summed E-state index contributed by atoms with van der Waals surface area (Å²) in [5.41, 5.74) is 3.82. The number of thioether (sulfide) groups is 1. The smallest absolute Gasteiger partial charge is 0.251 e. The first-order valence-electron chi connectivity index (χ1n) is 12.5. The zero-order chi connectivity index (χ0) is 24.7. The van der Waals surface area contributed by atoms with Crippen molar-refractivity contribution in [2.24, 2.45) is 0 Å². The van der Waals surface area contributed by atoms with Gasteiger partial charge in [0.2, 0.25) is 5.89 Å². The van der Waals surface area contributed by atoms with Crippen molar-refractivity contribution in [2.75, 3.05) is 13.1 Å². The number of benzene rings is 3. The topological polar surface area (TPSA) is 58.4 Å². The van der Waals surface area contributed by atoms with Crippen molar-refractivity contribution in [1.29, 1.82) is 0 Å². The molecular formula is C30H31N3O2S. The van der Waals surface area contributed by atoms with Crippen LogP contribution in [0.4, 0.5) is 0 Å². The Hall–Kier alpha value is -3.35. The molecule has 1 aromatic heterocycles. The van der Waals surface area contributed by atoms with E-state index >= 15 is 0 Å². The number of piperidine rings is 1. The fraction of sp³-hybridized carbons (Fsp3) is 0.267.